The van der Waals surface area contributed by atoms with Gasteiger partial charge in [-0.2, -0.15) is 0 Å². The van der Waals surface area contributed by atoms with Gasteiger partial charge in [0.15, 0.2) is 9.84 Å². The number of anilines is 1. The lowest BCUT2D eigenvalue weighted by Crippen LogP contribution is -2.45. The zero-order valence-corrected chi connectivity index (χ0v) is 20.0. The van der Waals surface area contributed by atoms with Gasteiger partial charge in [0.2, 0.25) is 5.91 Å². The van der Waals surface area contributed by atoms with E-state index in [1.54, 1.807) is 24.3 Å². The summed E-state index contributed by atoms with van der Waals surface area (Å²) in [5.74, 6) is -3.16. The first-order valence-corrected chi connectivity index (χ1v) is 12.4. The first-order chi connectivity index (χ1) is 16.1. The lowest BCUT2D eigenvalue weighted by atomic mass is 10.1. The van der Waals surface area contributed by atoms with Crippen LogP contribution in [0.2, 0.25) is 5.02 Å². The Kier molecular flexibility index (Phi) is 8.61. The second-order valence-electron chi connectivity index (χ2n) is 7.60. The zero-order valence-electron chi connectivity index (χ0n) is 18.4. The summed E-state index contributed by atoms with van der Waals surface area (Å²) >= 11 is 5.92. The van der Waals surface area contributed by atoms with E-state index in [4.69, 9.17) is 26.8 Å². The van der Waals surface area contributed by atoms with E-state index in [9.17, 15) is 22.4 Å². The normalized spacial score (nSPS) is 17.2. The van der Waals surface area contributed by atoms with Crippen LogP contribution >= 0.6 is 11.6 Å². The number of fused-ring (bicyclic) bond motifs is 1. The Morgan fingerprint density at radius 3 is 2.62 bits per heavy atom. The first kappa shape index (κ1) is 26.0. The molecule has 1 atom stereocenters. The number of hydrogen-bond acceptors (Lipinski definition) is 7. The zero-order chi connectivity index (χ0) is 24.9. The van der Waals surface area contributed by atoms with Gasteiger partial charge < -0.3 is 25.4 Å². The van der Waals surface area contributed by atoms with Gasteiger partial charge in [-0.25, -0.2) is 12.8 Å². The minimum atomic E-state index is -4.10. The van der Waals surface area contributed by atoms with Crippen molar-refractivity contribution in [3.63, 3.8) is 0 Å². The highest BCUT2D eigenvalue weighted by Crippen LogP contribution is 2.34. The van der Waals surface area contributed by atoms with Gasteiger partial charge in [-0.3, -0.25) is 9.59 Å². The number of sulfone groups is 1. The van der Waals surface area contributed by atoms with E-state index in [0.29, 0.717) is 23.8 Å². The second-order valence-corrected chi connectivity index (χ2v) is 10.0. The Hall–Kier alpha value is -2.57. The molecule has 3 rings (SSSR count). The third kappa shape index (κ3) is 6.10. The summed E-state index contributed by atoms with van der Waals surface area (Å²) in [4.78, 5) is 26.4. The molecule has 0 spiro atoms. The molecule has 2 aromatic rings. The summed E-state index contributed by atoms with van der Waals surface area (Å²) in [6, 6.07) is 7.05. The van der Waals surface area contributed by atoms with Crippen LogP contribution in [0.15, 0.2) is 41.3 Å². The number of nitrogens with zero attached hydrogens (tertiary/aromatic N) is 1. The predicted octanol–water partition coefficient (Wildman–Crippen LogP) is 1.52. The van der Waals surface area contributed by atoms with Gasteiger partial charge in [0.25, 0.3) is 5.91 Å². The highest BCUT2D eigenvalue weighted by atomic mass is 35.5. The van der Waals surface area contributed by atoms with Gasteiger partial charge >= 0.3 is 0 Å². The number of ether oxygens (including phenoxy) is 2. The maximum absolute atomic E-state index is 14.8. The van der Waals surface area contributed by atoms with E-state index < -0.39 is 49.7 Å². The van der Waals surface area contributed by atoms with Crippen LogP contribution in [-0.4, -0.2) is 65.5 Å². The molecule has 9 nitrogen and oxygen atoms in total. The highest BCUT2D eigenvalue weighted by Gasteiger charge is 2.37. The third-order valence-electron chi connectivity index (χ3n) is 5.12. The SMILES string of the molecule is COCCOCCNC(=O)c1cc2c(cc1F)S(=O)(=O)C[C@H](N)C(=O)N2Cc1ccc(Cl)cc1. The predicted molar refractivity (Wildman–Crippen MR) is 124 cm³/mol. The Morgan fingerprint density at radius 1 is 1.24 bits per heavy atom. The molecule has 0 bridgehead atoms. The number of rotatable bonds is 9. The van der Waals surface area contributed by atoms with Gasteiger partial charge in [-0.15, -0.1) is 0 Å². The summed E-state index contributed by atoms with van der Waals surface area (Å²) in [5.41, 5.74) is 5.98. The topological polar surface area (TPSA) is 128 Å². The molecule has 0 aromatic heterocycles. The summed E-state index contributed by atoms with van der Waals surface area (Å²) in [7, 11) is -2.57. The monoisotopic (exact) mass is 513 g/mol. The van der Waals surface area contributed by atoms with Crippen molar-refractivity contribution in [3.8, 4) is 0 Å². The molecule has 0 fully saturated rings. The van der Waals surface area contributed by atoms with Crippen molar-refractivity contribution < 1.29 is 31.9 Å². The van der Waals surface area contributed by atoms with Gasteiger partial charge in [-0.1, -0.05) is 23.7 Å². The fraction of sp³-hybridized carbons (Fsp3) is 0.364. The second kappa shape index (κ2) is 11.2. The van der Waals surface area contributed by atoms with Crippen LogP contribution in [0.3, 0.4) is 0 Å². The number of nitrogens with one attached hydrogen (secondary N) is 1. The fourth-order valence-corrected chi connectivity index (χ4v) is 5.10. The molecule has 1 aliphatic rings. The number of carbonyl (C=O) groups excluding carboxylic acids is 2. The van der Waals surface area contributed by atoms with Crippen molar-refractivity contribution in [3.05, 3.63) is 58.4 Å². The Labute approximate surface area is 201 Å². The van der Waals surface area contributed by atoms with Crippen LogP contribution in [0, 0.1) is 5.82 Å². The molecule has 0 saturated heterocycles. The average molecular weight is 514 g/mol. The van der Waals surface area contributed by atoms with Crippen molar-refractivity contribution in [1.82, 2.24) is 5.32 Å². The molecular weight excluding hydrogens is 489 g/mol. The van der Waals surface area contributed by atoms with Crippen LogP contribution in [-0.2, 0) is 30.7 Å². The lowest BCUT2D eigenvalue weighted by molar-refractivity contribution is -0.119. The van der Waals surface area contributed by atoms with Crippen molar-refractivity contribution in [2.45, 2.75) is 17.5 Å². The number of amides is 2. The van der Waals surface area contributed by atoms with E-state index in [2.05, 4.69) is 5.32 Å². The summed E-state index contributed by atoms with van der Waals surface area (Å²) < 4.78 is 50.7. The number of nitrogens with two attached hydrogens (primary N) is 1. The summed E-state index contributed by atoms with van der Waals surface area (Å²) in [6.07, 6.45) is 0. The Morgan fingerprint density at radius 2 is 1.94 bits per heavy atom. The summed E-state index contributed by atoms with van der Waals surface area (Å²) in [6.45, 7) is 0.939. The smallest absolute Gasteiger partial charge is 0.254 e. The van der Waals surface area contributed by atoms with E-state index >= 15 is 0 Å². The lowest BCUT2D eigenvalue weighted by Gasteiger charge is -2.25. The van der Waals surface area contributed by atoms with Crippen molar-refractivity contribution in [2.24, 2.45) is 5.73 Å². The number of carbonyl (C=O) groups is 2. The molecule has 0 radical (unpaired) electrons. The molecule has 1 aliphatic heterocycles. The number of methoxy groups -OCH3 is 1. The molecule has 0 aliphatic carbocycles. The van der Waals surface area contributed by atoms with E-state index in [1.165, 1.54) is 7.11 Å². The number of benzene rings is 2. The highest BCUT2D eigenvalue weighted by molar-refractivity contribution is 7.91. The maximum atomic E-state index is 14.8. The standard InChI is InChI=1S/C22H25ClFN3O6S/c1-32-8-9-33-7-6-26-21(28)16-10-19-20(11-17(16)24)34(30,31)13-18(25)22(29)27(19)12-14-2-4-15(23)5-3-14/h2-5,10-11,18H,6-9,12-13,25H2,1H3,(H,26,28)/t18-/m0/s1. The van der Waals surface area contributed by atoms with Gasteiger partial charge in [0, 0.05) is 18.7 Å². The molecule has 184 valence electrons. The number of halogens is 2. The molecular formula is C22H25ClFN3O6S. The fourth-order valence-electron chi connectivity index (χ4n) is 3.41. The van der Waals surface area contributed by atoms with Gasteiger partial charge in [0.05, 0.1) is 54.3 Å². The van der Waals surface area contributed by atoms with Crippen molar-refractivity contribution in [2.75, 3.05) is 44.1 Å². The quantitative estimate of drug-likeness (QED) is 0.486. The van der Waals surface area contributed by atoms with Gasteiger partial charge in [-0.05, 0) is 29.8 Å². The molecule has 34 heavy (non-hydrogen) atoms. The van der Waals surface area contributed by atoms with Crippen LogP contribution in [0.25, 0.3) is 0 Å². The van der Waals surface area contributed by atoms with Crippen LogP contribution in [0.4, 0.5) is 10.1 Å². The Bertz CT molecular complexity index is 1160. The van der Waals surface area contributed by atoms with E-state index in [-0.39, 0.29) is 25.4 Å². The summed E-state index contributed by atoms with van der Waals surface area (Å²) in [5, 5.41) is 3.00. The van der Waals surface area contributed by atoms with Gasteiger partial charge in [0.1, 0.15) is 5.82 Å². The Balaban J connectivity index is 1.95. The largest absolute Gasteiger partial charge is 0.382 e. The van der Waals surface area contributed by atoms with Crippen molar-refractivity contribution >= 4 is 38.9 Å². The van der Waals surface area contributed by atoms with Crippen LogP contribution in [0.5, 0.6) is 0 Å². The van der Waals surface area contributed by atoms with E-state index in [0.717, 1.165) is 17.0 Å². The van der Waals surface area contributed by atoms with Crippen LogP contribution in [0.1, 0.15) is 15.9 Å². The maximum Gasteiger partial charge on any atom is 0.254 e. The number of hydrogen-bond donors (Lipinski definition) is 2. The minimum Gasteiger partial charge on any atom is -0.382 e. The minimum absolute atomic E-state index is 0.0494. The molecule has 2 aromatic carbocycles. The molecule has 0 unspecified atom stereocenters. The first-order valence-electron chi connectivity index (χ1n) is 10.4. The molecule has 12 heteroatoms. The third-order valence-corrected chi connectivity index (χ3v) is 7.17. The van der Waals surface area contributed by atoms with Crippen LogP contribution < -0.4 is 16.0 Å². The molecule has 0 saturated carbocycles. The molecule has 2 amide bonds. The molecule has 1 heterocycles. The van der Waals surface area contributed by atoms with E-state index in [1.807, 2.05) is 0 Å². The van der Waals surface area contributed by atoms with Crippen molar-refractivity contribution in [1.29, 1.82) is 0 Å². The average Bonchev–Trinajstić information content (AvgIpc) is 2.85. The molecule has 3 N–H and O–H groups in total.